The van der Waals surface area contributed by atoms with Crippen molar-refractivity contribution >= 4 is 11.7 Å². The predicted molar refractivity (Wildman–Crippen MR) is 94.3 cm³/mol. The molecule has 1 N–H and O–H groups in total. The molecule has 2 rings (SSSR count). The van der Waals surface area contributed by atoms with E-state index in [0.29, 0.717) is 11.5 Å². The third-order valence-corrected chi connectivity index (χ3v) is 3.85. The minimum atomic E-state index is -0.511. The van der Waals surface area contributed by atoms with Crippen molar-refractivity contribution in [1.29, 1.82) is 0 Å². The van der Waals surface area contributed by atoms with Crippen LogP contribution in [0.1, 0.15) is 52.0 Å². The van der Waals surface area contributed by atoms with Gasteiger partial charge in [-0.3, -0.25) is 5.32 Å². The second kappa shape index (κ2) is 7.60. The van der Waals surface area contributed by atoms with E-state index in [0.717, 1.165) is 42.5 Å². The Morgan fingerprint density at radius 3 is 2.33 bits per heavy atom. The molecule has 132 valence electrons. The molecule has 0 saturated heterocycles. The van der Waals surface area contributed by atoms with Gasteiger partial charge in [0.2, 0.25) is 0 Å². The lowest BCUT2D eigenvalue weighted by Gasteiger charge is -2.24. The van der Waals surface area contributed by atoms with Gasteiger partial charge in [-0.05, 0) is 69.7 Å². The molecule has 0 spiro atoms. The van der Waals surface area contributed by atoms with Crippen LogP contribution in [-0.2, 0) is 4.74 Å². The molecular formula is C19H27NO4. The molecule has 1 aromatic carbocycles. The Morgan fingerprint density at radius 1 is 1.04 bits per heavy atom. The zero-order chi connectivity index (χ0) is 17.7. The van der Waals surface area contributed by atoms with Gasteiger partial charge in [0.1, 0.15) is 5.60 Å². The molecule has 0 heterocycles. The molecule has 0 radical (unpaired) electrons. The minimum absolute atomic E-state index is 0.405. The van der Waals surface area contributed by atoms with Gasteiger partial charge in [0.15, 0.2) is 11.5 Å². The smallest absolute Gasteiger partial charge is 0.411 e. The van der Waals surface area contributed by atoms with Gasteiger partial charge in [-0.25, -0.2) is 4.79 Å². The van der Waals surface area contributed by atoms with Crippen LogP contribution in [0.15, 0.2) is 23.9 Å². The molecule has 1 amide bonds. The monoisotopic (exact) mass is 333 g/mol. The minimum Gasteiger partial charge on any atom is -0.493 e. The summed E-state index contributed by atoms with van der Waals surface area (Å²) in [6.07, 6.45) is 3.51. The van der Waals surface area contributed by atoms with Gasteiger partial charge in [0.05, 0.1) is 14.2 Å². The lowest BCUT2D eigenvalue weighted by Crippen LogP contribution is -2.33. The molecule has 0 fully saturated rings. The first-order chi connectivity index (χ1) is 11.3. The van der Waals surface area contributed by atoms with Crippen molar-refractivity contribution in [3.63, 3.8) is 0 Å². The van der Waals surface area contributed by atoms with Gasteiger partial charge < -0.3 is 14.2 Å². The van der Waals surface area contributed by atoms with E-state index in [1.807, 2.05) is 39.0 Å². The molecule has 0 unspecified atom stereocenters. The van der Waals surface area contributed by atoms with Crippen molar-refractivity contribution in [3.05, 3.63) is 29.5 Å². The van der Waals surface area contributed by atoms with Crippen molar-refractivity contribution in [3.8, 4) is 11.5 Å². The van der Waals surface area contributed by atoms with Gasteiger partial charge in [-0.15, -0.1) is 0 Å². The van der Waals surface area contributed by atoms with Gasteiger partial charge in [-0.2, -0.15) is 0 Å². The number of allylic oxidation sites excluding steroid dienone is 2. The fraction of sp³-hybridized carbons (Fsp3) is 0.526. The highest BCUT2D eigenvalue weighted by Crippen LogP contribution is 2.36. The Morgan fingerprint density at radius 2 is 1.71 bits per heavy atom. The van der Waals surface area contributed by atoms with E-state index in [1.54, 1.807) is 14.2 Å². The van der Waals surface area contributed by atoms with Crippen molar-refractivity contribution < 1.29 is 19.0 Å². The first-order valence-corrected chi connectivity index (χ1v) is 8.28. The van der Waals surface area contributed by atoms with E-state index >= 15 is 0 Å². The number of hydrogen-bond donors (Lipinski definition) is 1. The maximum absolute atomic E-state index is 12.1. The SMILES string of the molecule is COc1ccc(C2=C(NC(=O)OC(C)(C)C)CCCC2)cc1OC. The quantitative estimate of drug-likeness (QED) is 0.880. The summed E-state index contributed by atoms with van der Waals surface area (Å²) in [5, 5.41) is 2.94. The number of amides is 1. The molecule has 5 heteroatoms. The van der Waals surface area contributed by atoms with Crippen LogP contribution in [0.4, 0.5) is 4.79 Å². The Hall–Kier alpha value is -2.17. The van der Waals surface area contributed by atoms with Crippen molar-refractivity contribution in [2.75, 3.05) is 14.2 Å². The van der Waals surface area contributed by atoms with Crippen LogP contribution in [0.2, 0.25) is 0 Å². The summed E-state index contributed by atoms with van der Waals surface area (Å²) in [6, 6.07) is 5.84. The van der Waals surface area contributed by atoms with Gasteiger partial charge in [0.25, 0.3) is 0 Å². The molecule has 0 aromatic heterocycles. The number of carbonyl (C=O) groups excluding carboxylic acids is 1. The lowest BCUT2D eigenvalue weighted by atomic mass is 9.91. The molecule has 1 aliphatic carbocycles. The van der Waals surface area contributed by atoms with Crippen molar-refractivity contribution in [2.24, 2.45) is 0 Å². The van der Waals surface area contributed by atoms with Crippen LogP contribution in [0, 0.1) is 0 Å². The average molecular weight is 333 g/mol. The zero-order valence-electron chi connectivity index (χ0n) is 15.2. The van der Waals surface area contributed by atoms with E-state index in [1.165, 1.54) is 0 Å². The molecule has 0 bridgehead atoms. The number of alkyl carbamates (subject to hydrolysis) is 1. The highest BCUT2D eigenvalue weighted by Gasteiger charge is 2.21. The van der Waals surface area contributed by atoms with Gasteiger partial charge in [0, 0.05) is 5.70 Å². The number of ether oxygens (including phenoxy) is 3. The lowest BCUT2D eigenvalue weighted by molar-refractivity contribution is 0.0543. The van der Waals surface area contributed by atoms with Crippen LogP contribution in [-0.4, -0.2) is 25.9 Å². The highest BCUT2D eigenvalue weighted by molar-refractivity contribution is 5.77. The van der Waals surface area contributed by atoms with E-state index in [2.05, 4.69) is 5.32 Å². The molecular weight excluding hydrogens is 306 g/mol. The molecule has 0 saturated carbocycles. The Kier molecular flexibility index (Phi) is 5.75. The summed E-state index contributed by atoms with van der Waals surface area (Å²) >= 11 is 0. The average Bonchev–Trinajstić information content (AvgIpc) is 2.53. The number of nitrogens with one attached hydrogen (secondary N) is 1. The fourth-order valence-corrected chi connectivity index (χ4v) is 2.81. The van der Waals surface area contributed by atoms with Crippen molar-refractivity contribution in [2.45, 2.75) is 52.1 Å². The van der Waals surface area contributed by atoms with Crippen LogP contribution in [0.5, 0.6) is 11.5 Å². The standard InChI is InChI=1S/C19H27NO4/c1-19(2,3)24-18(21)20-15-9-7-6-8-14(15)13-10-11-16(22-4)17(12-13)23-5/h10-12H,6-9H2,1-5H3,(H,20,21). The van der Waals surface area contributed by atoms with E-state index in [-0.39, 0.29) is 0 Å². The van der Waals surface area contributed by atoms with E-state index in [4.69, 9.17) is 14.2 Å². The van der Waals surface area contributed by atoms with Crippen LogP contribution in [0.25, 0.3) is 5.57 Å². The maximum Gasteiger partial charge on any atom is 0.411 e. The summed E-state index contributed by atoms with van der Waals surface area (Å²) in [5.74, 6) is 1.38. The van der Waals surface area contributed by atoms with E-state index < -0.39 is 11.7 Å². The Balaban J connectivity index is 2.30. The van der Waals surface area contributed by atoms with E-state index in [9.17, 15) is 4.79 Å². The summed E-state index contributed by atoms with van der Waals surface area (Å²) in [7, 11) is 3.24. The Bertz CT molecular complexity index is 629. The third-order valence-electron chi connectivity index (χ3n) is 3.85. The van der Waals surface area contributed by atoms with Crippen molar-refractivity contribution in [1.82, 2.24) is 5.32 Å². The first-order valence-electron chi connectivity index (χ1n) is 8.28. The molecule has 1 aromatic rings. The molecule has 24 heavy (non-hydrogen) atoms. The van der Waals surface area contributed by atoms with Crippen LogP contribution < -0.4 is 14.8 Å². The largest absolute Gasteiger partial charge is 0.493 e. The highest BCUT2D eigenvalue weighted by atomic mass is 16.6. The number of benzene rings is 1. The second-order valence-corrected chi connectivity index (χ2v) is 6.86. The van der Waals surface area contributed by atoms with Gasteiger partial charge >= 0.3 is 6.09 Å². The fourth-order valence-electron chi connectivity index (χ4n) is 2.81. The molecule has 1 aliphatic rings. The molecule has 5 nitrogen and oxygen atoms in total. The van der Waals surface area contributed by atoms with Crippen LogP contribution in [0.3, 0.4) is 0 Å². The number of methoxy groups -OCH3 is 2. The number of hydrogen-bond acceptors (Lipinski definition) is 4. The Labute approximate surface area is 144 Å². The second-order valence-electron chi connectivity index (χ2n) is 6.86. The summed E-state index contributed by atoms with van der Waals surface area (Å²) in [4.78, 5) is 12.1. The maximum atomic E-state index is 12.1. The number of rotatable bonds is 4. The summed E-state index contributed by atoms with van der Waals surface area (Å²) in [6.45, 7) is 5.57. The van der Waals surface area contributed by atoms with Crippen LogP contribution >= 0.6 is 0 Å². The molecule has 0 aliphatic heterocycles. The third kappa shape index (κ3) is 4.66. The summed E-state index contributed by atoms with van der Waals surface area (Å²) < 4.78 is 16.1. The summed E-state index contributed by atoms with van der Waals surface area (Å²) in [5.41, 5.74) is 2.59. The number of carbonyl (C=O) groups is 1. The first kappa shape index (κ1) is 18.2. The topological polar surface area (TPSA) is 56.8 Å². The zero-order valence-corrected chi connectivity index (χ0v) is 15.2. The predicted octanol–water partition coefficient (Wildman–Crippen LogP) is 4.51. The van der Waals surface area contributed by atoms with Gasteiger partial charge in [-0.1, -0.05) is 6.07 Å². The normalized spacial score (nSPS) is 15.0. The molecule has 0 atom stereocenters.